The zero-order chi connectivity index (χ0) is 18.4. The van der Waals surface area contributed by atoms with Crippen LogP contribution in [0.5, 0.6) is 0 Å². The second-order valence-corrected chi connectivity index (χ2v) is 8.19. The maximum Gasteiger partial charge on any atom is 0.240 e. The Morgan fingerprint density at radius 1 is 1.04 bits per heavy atom. The summed E-state index contributed by atoms with van der Waals surface area (Å²) in [5, 5.41) is 0. The Kier molecular flexibility index (Phi) is 6.43. The van der Waals surface area contributed by atoms with Gasteiger partial charge in [-0.3, -0.25) is 4.90 Å². The summed E-state index contributed by atoms with van der Waals surface area (Å²) in [6.45, 7) is 5.33. The van der Waals surface area contributed by atoms with Crippen molar-refractivity contribution in [2.45, 2.75) is 24.3 Å². The molecule has 3 rings (SSSR count). The molecule has 1 fully saturated rings. The van der Waals surface area contributed by atoms with Crippen LogP contribution in [-0.2, 0) is 21.2 Å². The molecule has 1 aliphatic rings. The van der Waals surface area contributed by atoms with Gasteiger partial charge in [-0.2, -0.15) is 0 Å². The molecule has 5 nitrogen and oxygen atoms in total. The molecular weight excluding hydrogens is 348 g/mol. The second kappa shape index (κ2) is 8.77. The van der Waals surface area contributed by atoms with E-state index in [4.69, 9.17) is 4.74 Å². The molecule has 0 spiro atoms. The number of hydrogen-bond acceptors (Lipinski definition) is 4. The van der Waals surface area contributed by atoms with Gasteiger partial charge in [0.25, 0.3) is 0 Å². The normalized spacial score (nSPS) is 17.1. The third kappa shape index (κ3) is 4.71. The van der Waals surface area contributed by atoms with E-state index in [9.17, 15) is 8.42 Å². The van der Waals surface area contributed by atoms with Gasteiger partial charge in [-0.15, -0.1) is 0 Å². The van der Waals surface area contributed by atoms with Crippen LogP contribution in [0.3, 0.4) is 0 Å². The zero-order valence-corrected chi connectivity index (χ0v) is 15.9. The molecule has 1 heterocycles. The summed E-state index contributed by atoms with van der Waals surface area (Å²) in [7, 11) is -3.53. The van der Waals surface area contributed by atoms with E-state index in [0.717, 1.165) is 30.6 Å². The molecule has 2 aromatic carbocycles. The lowest BCUT2D eigenvalue weighted by molar-refractivity contribution is 0.0172. The van der Waals surface area contributed by atoms with Crippen LogP contribution >= 0.6 is 0 Å². The van der Waals surface area contributed by atoms with Gasteiger partial charge in [-0.1, -0.05) is 49.4 Å². The third-order valence-corrected chi connectivity index (χ3v) is 6.22. The minimum atomic E-state index is -3.53. The summed E-state index contributed by atoms with van der Waals surface area (Å²) in [6.07, 6.45) is 0.890. The molecule has 1 saturated heterocycles. The molecule has 1 N–H and O–H groups in total. The van der Waals surface area contributed by atoms with Crippen LogP contribution in [0.4, 0.5) is 0 Å². The number of aryl methyl sites for hydroxylation is 1. The van der Waals surface area contributed by atoms with Crippen LogP contribution in [0.25, 0.3) is 0 Å². The Hall–Kier alpha value is -1.73. The first-order valence-corrected chi connectivity index (χ1v) is 10.5. The second-order valence-electron chi connectivity index (χ2n) is 6.42. The van der Waals surface area contributed by atoms with E-state index in [2.05, 4.69) is 16.5 Å². The van der Waals surface area contributed by atoms with E-state index in [0.29, 0.717) is 24.7 Å². The first-order chi connectivity index (χ1) is 12.6. The van der Waals surface area contributed by atoms with Gasteiger partial charge in [0.2, 0.25) is 10.0 Å². The van der Waals surface area contributed by atoms with Gasteiger partial charge in [-0.05, 0) is 29.7 Å². The van der Waals surface area contributed by atoms with E-state index in [1.54, 1.807) is 12.1 Å². The van der Waals surface area contributed by atoms with Crippen molar-refractivity contribution in [3.63, 3.8) is 0 Å². The summed E-state index contributed by atoms with van der Waals surface area (Å²) in [4.78, 5) is 2.59. The summed E-state index contributed by atoms with van der Waals surface area (Å²) in [5.74, 6) is 0. The predicted molar refractivity (Wildman–Crippen MR) is 103 cm³/mol. The summed E-state index contributed by atoms with van der Waals surface area (Å²) < 4.78 is 33.6. The lowest BCUT2D eigenvalue weighted by Crippen LogP contribution is -2.43. The smallest absolute Gasteiger partial charge is 0.240 e. The Morgan fingerprint density at radius 3 is 2.31 bits per heavy atom. The van der Waals surface area contributed by atoms with Crippen molar-refractivity contribution < 1.29 is 13.2 Å². The van der Waals surface area contributed by atoms with Gasteiger partial charge in [0, 0.05) is 25.7 Å². The lowest BCUT2D eigenvalue weighted by atomic mass is 10.1. The first-order valence-electron chi connectivity index (χ1n) is 9.05. The molecule has 0 amide bonds. The lowest BCUT2D eigenvalue weighted by Gasteiger charge is -2.34. The van der Waals surface area contributed by atoms with Gasteiger partial charge < -0.3 is 4.74 Å². The van der Waals surface area contributed by atoms with Crippen LogP contribution in [-0.4, -0.2) is 46.2 Å². The number of morpholine rings is 1. The number of benzene rings is 2. The van der Waals surface area contributed by atoms with E-state index in [-0.39, 0.29) is 6.04 Å². The molecule has 26 heavy (non-hydrogen) atoms. The molecule has 1 atom stereocenters. The summed E-state index contributed by atoms with van der Waals surface area (Å²) in [6, 6.07) is 17.1. The highest BCUT2D eigenvalue weighted by molar-refractivity contribution is 7.89. The van der Waals surface area contributed by atoms with Crippen molar-refractivity contribution in [3.8, 4) is 0 Å². The number of nitrogens with one attached hydrogen (secondary N) is 1. The largest absolute Gasteiger partial charge is 0.379 e. The minimum Gasteiger partial charge on any atom is -0.379 e. The standard InChI is InChI=1S/C20H26N2O3S/c1-2-17-8-10-19(11-9-17)26(23,24)21-16-20(18-6-4-3-5-7-18)22-12-14-25-15-13-22/h3-11,20-21H,2,12-16H2,1H3. The minimum absolute atomic E-state index is 0.00945. The number of ether oxygens (including phenoxy) is 1. The quantitative estimate of drug-likeness (QED) is 0.809. The van der Waals surface area contributed by atoms with Crippen molar-refractivity contribution >= 4 is 10.0 Å². The maximum absolute atomic E-state index is 12.7. The fourth-order valence-electron chi connectivity index (χ4n) is 3.20. The van der Waals surface area contributed by atoms with E-state index >= 15 is 0 Å². The zero-order valence-electron chi connectivity index (χ0n) is 15.1. The molecule has 2 aromatic rings. The average Bonchev–Trinajstić information content (AvgIpc) is 2.70. The topological polar surface area (TPSA) is 58.6 Å². The number of sulfonamides is 1. The van der Waals surface area contributed by atoms with Gasteiger partial charge in [-0.25, -0.2) is 13.1 Å². The Morgan fingerprint density at radius 2 is 1.69 bits per heavy atom. The molecule has 1 aliphatic heterocycles. The van der Waals surface area contributed by atoms with Gasteiger partial charge in [0.05, 0.1) is 18.1 Å². The molecule has 1 unspecified atom stereocenters. The van der Waals surface area contributed by atoms with E-state index < -0.39 is 10.0 Å². The number of rotatable bonds is 7. The maximum atomic E-state index is 12.7. The SMILES string of the molecule is CCc1ccc(S(=O)(=O)NCC(c2ccccc2)N2CCOCC2)cc1. The molecule has 0 saturated carbocycles. The number of hydrogen-bond donors (Lipinski definition) is 1. The fraction of sp³-hybridized carbons (Fsp3) is 0.400. The van der Waals surface area contributed by atoms with Crippen molar-refractivity contribution in [3.05, 3.63) is 65.7 Å². The van der Waals surface area contributed by atoms with Gasteiger partial charge in [0.15, 0.2) is 0 Å². The van der Waals surface area contributed by atoms with Crippen LogP contribution in [0.2, 0.25) is 0 Å². The van der Waals surface area contributed by atoms with Crippen molar-refractivity contribution in [2.75, 3.05) is 32.8 Å². The fourth-order valence-corrected chi connectivity index (χ4v) is 4.24. The van der Waals surface area contributed by atoms with E-state index in [1.807, 2.05) is 42.5 Å². The van der Waals surface area contributed by atoms with Gasteiger partial charge in [0.1, 0.15) is 0 Å². The van der Waals surface area contributed by atoms with Crippen LogP contribution in [0.15, 0.2) is 59.5 Å². The van der Waals surface area contributed by atoms with Crippen molar-refractivity contribution in [2.24, 2.45) is 0 Å². The molecule has 0 aliphatic carbocycles. The monoisotopic (exact) mass is 374 g/mol. The molecule has 0 aromatic heterocycles. The van der Waals surface area contributed by atoms with Crippen molar-refractivity contribution in [1.82, 2.24) is 9.62 Å². The third-order valence-electron chi connectivity index (χ3n) is 4.78. The summed E-state index contributed by atoms with van der Waals surface area (Å²) in [5.41, 5.74) is 2.23. The first kappa shape index (κ1) is 19.0. The predicted octanol–water partition coefficient (Wildman–Crippen LogP) is 2.60. The Balaban J connectivity index is 1.75. The molecular formula is C20H26N2O3S. The molecule has 0 radical (unpaired) electrons. The molecule has 140 valence electrons. The Labute approximate surface area is 156 Å². The van der Waals surface area contributed by atoms with Crippen LogP contribution in [0.1, 0.15) is 24.1 Å². The summed E-state index contributed by atoms with van der Waals surface area (Å²) >= 11 is 0. The number of nitrogens with zero attached hydrogens (tertiary/aromatic N) is 1. The highest BCUT2D eigenvalue weighted by Gasteiger charge is 2.24. The Bertz CT molecular complexity index is 786. The average molecular weight is 375 g/mol. The molecule has 0 bridgehead atoms. The van der Waals surface area contributed by atoms with E-state index in [1.165, 1.54) is 0 Å². The van der Waals surface area contributed by atoms with Crippen LogP contribution in [0, 0.1) is 0 Å². The van der Waals surface area contributed by atoms with Crippen molar-refractivity contribution in [1.29, 1.82) is 0 Å². The van der Waals surface area contributed by atoms with Crippen LogP contribution < -0.4 is 4.72 Å². The van der Waals surface area contributed by atoms with Gasteiger partial charge >= 0.3 is 0 Å². The highest BCUT2D eigenvalue weighted by atomic mass is 32.2. The highest BCUT2D eigenvalue weighted by Crippen LogP contribution is 2.22. The molecule has 6 heteroatoms.